The van der Waals surface area contributed by atoms with Crippen LogP contribution >= 0.6 is 0 Å². The van der Waals surface area contributed by atoms with Gasteiger partial charge in [0.1, 0.15) is 18.4 Å². The van der Waals surface area contributed by atoms with Crippen LogP contribution in [0.25, 0.3) is 0 Å². The quantitative estimate of drug-likeness (QED) is 0.384. The van der Waals surface area contributed by atoms with Crippen LogP contribution in [0, 0.1) is 12.7 Å². The molecule has 1 N–H and O–H groups in total. The summed E-state index contributed by atoms with van der Waals surface area (Å²) in [6, 6.07) is 19.4. The maximum absolute atomic E-state index is 13.8. The zero-order valence-electron chi connectivity index (χ0n) is 22.1. The Kier molecular flexibility index (Phi) is 9.63. The van der Waals surface area contributed by atoms with Gasteiger partial charge in [-0.15, -0.1) is 0 Å². The number of hydrogen-bond acceptors (Lipinski definition) is 4. The minimum absolute atomic E-state index is 0.00124. The molecule has 0 saturated carbocycles. The number of hydrogen-bond donors (Lipinski definition) is 1. The lowest BCUT2D eigenvalue weighted by atomic mass is 10.1. The zero-order valence-corrected chi connectivity index (χ0v) is 22.9. The lowest BCUT2D eigenvalue weighted by Crippen LogP contribution is -2.52. The van der Waals surface area contributed by atoms with Gasteiger partial charge in [0, 0.05) is 12.6 Å². The summed E-state index contributed by atoms with van der Waals surface area (Å²) in [6.07, 6.45) is 0.709. The molecule has 3 aromatic rings. The van der Waals surface area contributed by atoms with Gasteiger partial charge >= 0.3 is 0 Å². The molecular formula is C29H34FN3O4S. The largest absolute Gasteiger partial charge is 0.352 e. The third-order valence-electron chi connectivity index (χ3n) is 6.33. The molecule has 0 unspecified atom stereocenters. The molecule has 0 fully saturated rings. The molecule has 0 aliphatic rings. The Balaban J connectivity index is 2.01. The van der Waals surface area contributed by atoms with Crippen LogP contribution in [0.2, 0.25) is 0 Å². The Morgan fingerprint density at radius 3 is 2.21 bits per heavy atom. The summed E-state index contributed by atoms with van der Waals surface area (Å²) in [6.45, 7) is 6.71. The first-order valence-electron chi connectivity index (χ1n) is 12.5. The lowest BCUT2D eigenvalue weighted by molar-refractivity contribution is -0.139. The smallest absolute Gasteiger partial charge is 0.264 e. The Morgan fingerprint density at radius 2 is 1.61 bits per heavy atom. The van der Waals surface area contributed by atoms with Crippen LogP contribution in [0.15, 0.2) is 83.8 Å². The Bertz CT molecular complexity index is 1350. The van der Waals surface area contributed by atoms with E-state index in [0.29, 0.717) is 17.7 Å². The van der Waals surface area contributed by atoms with Gasteiger partial charge in [-0.2, -0.15) is 0 Å². The van der Waals surface area contributed by atoms with E-state index in [1.165, 1.54) is 41.3 Å². The summed E-state index contributed by atoms with van der Waals surface area (Å²) in [5, 5.41) is 2.88. The van der Waals surface area contributed by atoms with E-state index in [2.05, 4.69) is 5.32 Å². The van der Waals surface area contributed by atoms with Gasteiger partial charge in [0.25, 0.3) is 10.0 Å². The number of anilines is 1. The third-order valence-corrected chi connectivity index (χ3v) is 8.12. The van der Waals surface area contributed by atoms with E-state index < -0.39 is 34.3 Å². The van der Waals surface area contributed by atoms with Crippen LogP contribution in [0.1, 0.15) is 38.3 Å². The Morgan fingerprint density at radius 1 is 0.947 bits per heavy atom. The number of sulfonamides is 1. The molecule has 2 atom stereocenters. The lowest BCUT2D eigenvalue weighted by Gasteiger charge is -2.32. The molecule has 9 heteroatoms. The fraction of sp³-hybridized carbons (Fsp3) is 0.310. The van der Waals surface area contributed by atoms with Crippen LogP contribution in [0.5, 0.6) is 0 Å². The second kappa shape index (κ2) is 12.7. The van der Waals surface area contributed by atoms with E-state index in [1.54, 1.807) is 43.3 Å². The molecule has 3 aromatic carbocycles. The highest BCUT2D eigenvalue weighted by atomic mass is 32.2. The van der Waals surface area contributed by atoms with Gasteiger partial charge in [-0.25, -0.2) is 12.8 Å². The predicted molar refractivity (Wildman–Crippen MR) is 146 cm³/mol. The van der Waals surface area contributed by atoms with Gasteiger partial charge in [-0.05, 0) is 74.7 Å². The number of halogens is 1. The predicted octanol–water partition coefficient (Wildman–Crippen LogP) is 4.66. The van der Waals surface area contributed by atoms with E-state index in [-0.39, 0.29) is 23.4 Å². The summed E-state index contributed by atoms with van der Waals surface area (Å²) in [5.74, 6) is -1.35. The number of aryl methyl sites for hydroxylation is 1. The fourth-order valence-electron chi connectivity index (χ4n) is 3.87. The molecule has 0 heterocycles. The second-order valence-corrected chi connectivity index (χ2v) is 11.2. The molecule has 0 saturated heterocycles. The molecule has 0 aliphatic carbocycles. The van der Waals surface area contributed by atoms with Crippen molar-refractivity contribution in [2.24, 2.45) is 0 Å². The van der Waals surface area contributed by atoms with Crippen molar-refractivity contribution in [1.29, 1.82) is 0 Å². The summed E-state index contributed by atoms with van der Waals surface area (Å²) in [5.41, 5.74) is 1.77. The third kappa shape index (κ3) is 7.19. The fourth-order valence-corrected chi connectivity index (χ4v) is 5.29. The molecule has 0 radical (unpaired) electrons. The molecule has 202 valence electrons. The molecule has 2 amide bonds. The average molecular weight is 540 g/mol. The maximum Gasteiger partial charge on any atom is 0.264 e. The van der Waals surface area contributed by atoms with Gasteiger partial charge in [-0.1, -0.05) is 49.4 Å². The van der Waals surface area contributed by atoms with Gasteiger partial charge in [0.05, 0.1) is 10.6 Å². The summed E-state index contributed by atoms with van der Waals surface area (Å²) >= 11 is 0. The van der Waals surface area contributed by atoms with Crippen molar-refractivity contribution in [3.05, 3.63) is 95.8 Å². The van der Waals surface area contributed by atoms with Crippen LogP contribution in [0.4, 0.5) is 10.1 Å². The first-order valence-corrected chi connectivity index (χ1v) is 14.0. The van der Waals surface area contributed by atoms with E-state index in [1.807, 2.05) is 26.8 Å². The first kappa shape index (κ1) is 28.8. The van der Waals surface area contributed by atoms with E-state index in [4.69, 9.17) is 0 Å². The van der Waals surface area contributed by atoms with Crippen molar-refractivity contribution in [1.82, 2.24) is 10.2 Å². The minimum atomic E-state index is -4.11. The molecule has 0 aliphatic heterocycles. The number of nitrogens with one attached hydrogen (secondary N) is 1. The van der Waals surface area contributed by atoms with Crippen LogP contribution < -0.4 is 9.62 Å². The molecule has 7 nitrogen and oxygen atoms in total. The highest BCUT2D eigenvalue weighted by Gasteiger charge is 2.32. The summed E-state index contributed by atoms with van der Waals surface area (Å²) in [4.78, 5) is 28.2. The number of benzene rings is 3. The topological polar surface area (TPSA) is 86.8 Å². The number of rotatable bonds is 11. The first-order chi connectivity index (χ1) is 18.0. The number of carbonyl (C=O) groups excluding carboxylic acids is 2. The van der Waals surface area contributed by atoms with Crippen molar-refractivity contribution < 1.29 is 22.4 Å². The SMILES string of the molecule is CC[C@H](C)NC(=O)[C@H](C)N(Cc1ccc(F)cc1)C(=O)CN(c1cccc(C)c1)S(=O)(=O)c1ccccc1. The minimum Gasteiger partial charge on any atom is -0.352 e. The van der Waals surface area contributed by atoms with E-state index in [9.17, 15) is 22.4 Å². The molecule has 0 aromatic heterocycles. The van der Waals surface area contributed by atoms with Crippen LogP contribution in [-0.4, -0.2) is 43.8 Å². The summed E-state index contributed by atoms with van der Waals surface area (Å²) < 4.78 is 42.0. The van der Waals surface area contributed by atoms with E-state index >= 15 is 0 Å². The van der Waals surface area contributed by atoms with Crippen molar-refractivity contribution in [2.45, 2.75) is 57.6 Å². The Hall–Kier alpha value is -3.72. The van der Waals surface area contributed by atoms with Crippen LogP contribution in [-0.2, 0) is 26.2 Å². The number of nitrogens with zero attached hydrogens (tertiary/aromatic N) is 2. The van der Waals surface area contributed by atoms with Gasteiger partial charge in [0.15, 0.2) is 0 Å². The molecule has 3 rings (SSSR count). The maximum atomic E-state index is 13.8. The zero-order chi connectivity index (χ0) is 27.9. The van der Waals surface area contributed by atoms with E-state index in [0.717, 1.165) is 9.87 Å². The second-order valence-electron chi connectivity index (χ2n) is 9.31. The van der Waals surface area contributed by atoms with Crippen molar-refractivity contribution >= 4 is 27.5 Å². The van der Waals surface area contributed by atoms with Crippen molar-refractivity contribution in [2.75, 3.05) is 10.8 Å². The highest BCUT2D eigenvalue weighted by Crippen LogP contribution is 2.25. The number of carbonyl (C=O) groups is 2. The molecule has 38 heavy (non-hydrogen) atoms. The Labute approximate surface area is 224 Å². The highest BCUT2D eigenvalue weighted by molar-refractivity contribution is 7.92. The van der Waals surface area contributed by atoms with Crippen molar-refractivity contribution in [3.8, 4) is 0 Å². The van der Waals surface area contributed by atoms with Gasteiger partial charge in [0.2, 0.25) is 11.8 Å². The molecular weight excluding hydrogens is 505 g/mol. The molecule has 0 spiro atoms. The van der Waals surface area contributed by atoms with Gasteiger partial charge in [-0.3, -0.25) is 13.9 Å². The number of amides is 2. The van der Waals surface area contributed by atoms with Crippen LogP contribution in [0.3, 0.4) is 0 Å². The molecule has 0 bridgehead atoms. The standard InChI is InChI=1S/C29H34FN3O4S/c1-5-22(3)31-29(35)23(4)32(19-24-14-16-25(30)17-15-24)28(34)20-33(26-11-9-10-21(2)18-26)38(36,37)27-12-7-6-8-13-27/h6-18,22-23H,5,19-20H2,1-4H3,(H,31,35)/t22-,23-/m0/s1. The normalized spacial score (nSPS) is 12.9. The average Bonchev–Trinajstić information content (AvgIpc) is 2.91. The van der Waals surface area contributed by atoms with Crippen molar-refractivity contribution in [3.63, 3.8) is 0 Å². The monoisotopic (exact) mass is 539 g/mol. The summed E-state index contributed by atoms with van der Waals surface area (Å²) in [7, 11) is -4.11. The van der Waals surface area contributed by atoms with Gasteiger partial charge < -0.3 is 10.2 Å².